The molecule has 0 aliphatic rings. The Morgan fingerprint density at radius 2 is 1.50 bits per heavy atom. The fourth-order valence-corrected chi connectivity index (χ4v) is 2.68. The van der Waals surface area contributed by atoms with Crippen LogP contribution >= 0.6 is 0 Å². The minimum absolute atomic E-state index is 0.430. The van der Waals surface area contributed by atoms with Gasteiger partial charge in [0.15, 0.2) is 0 Å². The topological polar surface area (TPSA) is 51.2 Å². The molecule has 0 fully saturated rings. The van der Waals surface area contributed by atoms with E-state index in [1.54, 1.807) is 24.5 Å². The van der Waals surface area contributed by atoms with Crippen LogP contribution in [0.1, 0.15) is 71.1 Å². The van der Waals surface area contributed by atoms with E-state index >= 15 is 0 Å². The van der Waals surface area contributed by atoms with Gasteiger partial charge in [-0.2, -0.15) is 0 Å². The van der Waals surface area contributed by atoms with E-state index in [9.17, 15) is 4.79 Å². The lowest BCUT2D eigenvalue weighted by Gasteiger charge is -2.05. The summed E-state index contributed by atoms with van der Waals surface area (Å²) < 4.78 is 5.15. The number of pyridine rings is 1. The van der Waals surface area contributed by atoms with E-state index in [-0.39, 0.29) is 0 Å². The number of carbonyl (C=O) groups excluding carboxylic acids is 1. The Labute approximate surface area is 182 Å². The fourth-order valence-electron chi connectivity index (χ4n) is 2.68. The number of hydrogen-bond acceptors (Lipinski definition) is 3. The predicted molar refractivity (Wildman–Crippen MR) is 128 cm³/mol. The Balaban J connectivity index is 1.90. The van der Waals surface area contributed by atoms with Crippen molar-refractivity contribution in [1.29, 1.82) is 0 Å². The van der Waals surface area contributed by atoms with Crippen LogP contribution in [-0.4, -0.2) is 17.7 Å². The molecule has 1 amide bonds. The Hall–Kier alpha value is -2.62. The Morgan fingerprint density at radius 3 is 2.07 bits per heavy atom. The molecule has 0 unspecified atom stereocenters. The molecule has 1 aromatic heterocycles. The van der Waals surface area contributed by atoms with Gasteiger partial charge in [-0.25, -0.2) is 4.79 Å². The van der Waals surface area contributed by atoms with Crippen LogP contribution < -0.4 is 5.32 Å². The Morgan fingerprint density at radius 1 is 0.900 bits per heavy atom. The largest absolute Gasteiger partial charge is 0.449 e. The van der Waals surface area contributed by atoms with E-state index in [1.807, 2.05) is 0 Å². The number of aromatic nitrogens is 1. The summed E-state index contributed by atoms with van der Waals surface area (Å²) in [6, 6.07) is 3.54. The number of anilines is 1. The first-order chi connectivity index (χ1) is 14.8. The fraction of sp³-hybridized carbons (Fsp3) is 0.462. The van der Waals surface area contributed by atoms with Crippen molar-refractivity contribution in [2.75, 3.05) is 11.9 Å². The van der Waals surface area contributed by atoms with Crippen molar-refractivity contribution < 1.29 is 9.53 Å². The molecule has 1 heterocycles. The summed E-state index contributed by atoms with van der Waals surface area (Å²) in [5.41, 5.74) is 0.642. The average Bonchev–Trinajstić information content (AvgIpc) is 2.76. The molecule has 0 saturated heterocycles. The first-order valence-electron chi connectivity index (χ1n) is 11.3. The number of rotatable bonds is 16. The van der Waals surface area contributed by atoms with Gasteiger partial charge < -0.3 is 4.74 Å². The van der Waals surface area contributed by atoms with Crippen LogP contribution in [0.5, 0.6) is 0 Å². The number of nitrogens with one attached hydrogen (secondary N) is 1. The van der Waals surface area contributed by atoms with Crippen molar-refractivity contribution in [3.05, 3.63) is 73.1 Å². The highest BCUT2D eigenvalue weighted by molar-refractivity contribution is 5.84. The van der Waals surface area contributed by atoms with E-state index in [0.717, 1.165) is 38.5 Å². The van der Waals surface area contributed by atoms with Crippen molar-refractivity contribution in [2.24, 2.45) is 0 Å². The maximum Gasteiger partial charge on any atom is 0.411 e. The van der Waals surface area contributed by atoms with Gasteiger partial charge in [-0.15, -0.1) is 0 Å². The molecule has 164 valence electrons. The summed E-state index contributed by atoms with van der Waals surface area (Å²) in [5.74, 6) is 0. The normalized spacial score (nSPS) is 11.9. The first kappa shape index (κ1) is 25.4. The second-order valence-electron chi connectivity index (χ2n) is 7.09. The first-order valence-corrected chi connectivity index (χ1v) is 11.3. The van der Waals surface area contributed by atoms with Crippen LogP contribution in [0.25, 0.3) is 0 Å². The van der Waals surface area contributed by atoms with E-state index < -0.39 is 6.09 Å². The van der Waals surface area contributed by atoms with Crippen molar-refractivity contribution >= 4 is 11.8 Å². The summed E-state index contributed by atoms with van der Waals surface area (Å²) in [7, 11) is 0. The van der Waals surface area contributed by atoms with E-state index in [1.165, 1.54) is 25.7 Å². The van der Waals surface area contributed by atoms with Gasteiger partial charge in [-0.1, -0.05) is 68.4 Å². The monoisotopic (exact) mass is 410 g/mol. The Kier molecular flexibility index (Phi) is 16.7. The van der Waals surface area contributed by atoms with Gasteiger partial charge in [-0.3, -0.25) is 10.3 Å². The molecule has 30 heavy (non-hydrogen) atoms. The molecule has 4 heteroatoms. The SMILES string of the molecule is CCCCC/C=C\C/C=C\C/C=C\C/C=C\CCCCOC(=O)Nc1cccnc1. The molecule has 0 spiro atoms. The van der Waals surface area contributed by atoms with Crippen molar-refractivity contribution in [3.63, 3.8) is 0 Å². The standard InChI is InChI=1S/C26H38N2O2/c1-2-3-4-5-6-7-8-9-10-11-12-13-14-15-16-17-18-19-23-30-26(29)28-25-21-20-22-27-24-25/h6-7,9-10,12-13,15-16,20-22,24H,2-5,8,11,14,17-19,23H2,1H3,(H,28,29)/b7-6-,10-9-,13-12-,16-15-. The van der Waals surface area contributed by atoms with E-state index in [2.05, 4.69) is 65.8 Å². The van der Waals surface area contributed by atoms with Gasteiger partial charge in [0, 0.05) is 6.20 Å². The van der Waals surface area contributed by atoms with Crippen molar-refractivity contribution in [2.45, 2.75) is 71.1 Å². The van der Waals surface area contributed by atoms with Crippen LogP contribution in [0, 0.1) is 0 Å². The molecule has 0 aromatic carbocycles. The molecule has 0 atom stereocenters. The lowest BCUT2D eigenvalue weighted by Crippen LogP contribution is -2.14. The number of amides is 1. The molecule has 0 aliphatic heterocycles. The smallest absolute Gasteiger partial charge is 0.411 e. The minimum Gasteiger partial charge on any atom is -0.449 e. The highest BCUT2D eigenvalue weighted by Gasteiger charge is 2.01. The van der Waals surface area contributed by atoms with Crippen molar-refractivity contribution in [1.82, 2.24) is 4.98 Å². The quantitative estimate of drug-likeness (QED) is 0.224. The second kappa shape index (κ2) is 19.7. The van der Waals surface area contributed by atoms with Gasteiger partial charge >= 0.3 is 6.09 Å². The number of hydrogen-bond donors (Lipinski definition) is 1. The van der Waals surface area contributed by atoms with Gasteiger partial charge in [-0.05, 0) is 63.5 Å². The molecular weight excluding hydrogens is 372 g/mol. The predicted octanol–water partition coefficient (Wildman–Crippen LogP) is 7.78. The van der Waals surface area contributed by atoms with Crippen molar-refractivity contribution in [3.8, 4) is 0 Å². The van der Waals surface area contributed by atoms with E-state index in [4.69, 9.17) is 4.74 Å². The Bertz CT molecular complexity index is 648. The molecule has 0 saturated carbocycles. The third kappa shape index (κ3) is 16.3. The van der Waals surface area contributed by atoms with Crippen LogP contribution in [0.2, 0.25) is 0 Å². The number of allylic oxidation sites excluding steroid dienone is 8. The maximum absolute atomic E-state index is 11.6. The van der Waals surface area contributed by atoms with Crippen LogP contribution in [-0.2, 0) is 4.74 Å². The van der Waals surface area contributed by atoms with Gasteiger partial charge in [0.1, 0.15) is 0 Å². The summed E-state index contributed by atoms with van der Waals surface area (Å²) in [6.45, 7) is 2.67. The molecule has 1 N–H and O–H groups in total. The maximum atomic E-state index is 11.6. The molecule has 1 aromatic rings. The summed E-state index contributed by atoms with van der Waals surface area (Å²) in [4.78, 5) is 15.5. The average molecular weight is 411 g/mol. The lowest BCUT2D eigenvalue weighted by atomic mass is 10.2. The number of ether oxygens (including phenoxy) is 1. The lowest BCUT2D eigenvalue weighted by molar-refractivity contribution is 0.159. The van der Waals surface area contributed by atoms with E-state index in [0.29, 0.717) is 12.3 Å². The molecule has 0 radical (unpaired) electrons. The molecule has 0 bridgehead atoms. The second-order valence-corrected chi connectivity index (χ2v) is 7.09. The highest BCUT2D eigenvalue weighted by Crippen LogP contribution is 2.04. The zero-order valence-electron chi connectivity index (χ0n) is 18.5. The van der Waals surface area contributed by atoms with Crippen LogP contribution in [0.15, 0.2) is 73.1 Å². The van der Waals surface area contributed by atoms with Gasteiger partial charge in [0.2, 0.25) is 0 Å². The molecule has 1 rings (SSSR count). The zero-order chi connectivity index (χ0) is 21.5. The third-order valence-electron chi connectivity index (χ3n) is 4.36. The number of unbranched alkanes of at least 4 members (excludes halogenated alkanes) is 5. The molecule has 4 nitrogen and oxygen atoms in total. The summed E-state index contributed by atoms with van der Waals surface area (Å²) in [5, 5.41) is 2.65. The summed E-state index contributed by atoms with van der Waals surface area (Å²) in [6.07, 6.45) is 31.6. The van der Waals surface area contributed by atoms with Gasteiger partial charge in [0.05, 0.1) is 18.5 Å². The van der Waals surface area contributed by atoms with Crippen LogP contribution in [0.4, 0.5) is 10.5 Å². The molecule has 0 aliphatic carbocycles. The number of carbonyl (C=O) groups is 1. The highest BCUT2D eigenvalue weighted by atomic mass is 16.5. The third-order valence-corrected chi connectivity index (χ3v) is 4.36. The van der Waals surface area contributed by atoms with Crippen LogP contribution in [0.3, 0.4) is 0 Å². The summed E-state index contributed by atoms with van der Waals surface area (Å²) >= 11 is 0. The number of nitrogens with zero attached hydrogens (tertiary/aromatic N) is 1. The minimum atomic E-state index is -0.430. The molecular formula is C26H38N2O2. The zero-order valence-corrected chi connectivity index (χ0v) is 18.5. The van der Waals surface area contributed by atoms with Gasteiger partial charge in [0.25, 0.3) is 0 Å².